The van der Waals surface area contributed by atoms with E-state index in [0.29, 0.717) is 55.4 Å². The van der Waals surface area contributed by atoms with Gasteiger partial charge in [-0.25, -0.2) is 8.42 Å². The number of hydrogen-bond acceptors (Lipinski definition) is 11. The minimum absolute atomic E-state index is 0.0323. The lowest BCUT2D eigenvalue weighted by atomic mass is 9.79. The Labute approximate surface area is 330 Å². The molecule has 2 saturated carbocycles. The SMILES string of the molecule is CCOc1nnc(O[C@@H]2C[C@H]3C(=O)C[C@]4(C(=O)NS(=O)(=O)C5(C)CC5)C[C@H]4/C=C\CC[C@H](C)C[C@@H](CC)[C@H](CC(=O)OC(C)(C)C)C(=O)N3C2)c2ccccc12. The van der Waals surface area contributed by atoms with Gasteiger partial charge in [0.2, 0.25) is 33.6 Å². The third-order valence-corrected chi connectivity index (χ3v) is 14.3. The van der Waals surface area contributed by atoms with Crippen LogP contribution in [0.1, 0.15) is 113 Å². The van der Waals surface area contributed by atoms with E-state index in [1.807, 2.05) is 50.3 Å². The van der Waals surface area contributed by atoms with Crippen molar-refractivity contribution in [3.05, 3.63) is 36.4 Å². The number of allylic oxidation sites excluding steroid dienone is 2. The number of hydrogen-bond donors (Lipinski definition) is 1. The zero-order valence-corrected chi connectivity index (χ0v) is 34.7. The lowest BCUT2D eigenvalue weighted by molar-refractivity contribution is -0.160. The third kappa shape index (κ3) is 8.89. The highest BCUT2D eigenvalue weighted by molar-refractivity contribution is 7.91. The second-order valence-electron chi connectivity index (χ2n) is 17.7. The number of carbonyl (C=O) groups is 4. The normalized spacial score (nSPS) is 29.9. The molecule has 0 spiro atoms. The molecule has 2 amide bonds. The van der Waals surface area contributed by atoms with Gasteiger partial charge in [0.25, 0.3) is 0 Å². The fourth-order valence-electron chi connectivity index (χ4n) is 8.45. The first-order valence-electron chi connectivity index (χ1n) is 20.2. The van der Waals surface area contributed by atoms with E-state index in [0.717, 1.165) is 12.8 Å². The van der Waals surface area contributed by atoms with Gasteiger partial charge in [-0.05, 0) is 103 Å². The molecule has 306 valence electrons. The first-order chi connectivity index (χ1) is 26.4. The smallest absolute Gasteiger partial charge is 0.307 e. The molecule has 14 heteroatoms. The number of carbonyl (C=O) groups excluding carboxylic acids is 4. The van der Waals surface area contributed by atoms with Gasteiger partial charge in [-0.2, -0.15) is 0 Å². The number of Topliss-reactive ketones (excluding diaryl/α,β-unsaturated/α-hetero) is 1. The van der Waals surface area contributed by atoms with Gasteiger partial charge in [0.1, 0.15) is 11.7 Å². The molecule has 1 saturated heterocycles. The van der Waals surface area contributed by atoms with E-state index in [-0.39, 0.29) is 61.1 Å². The van der Waals surface area contributed by atoms with E-state index < -0.39 is 55.7 Å². The predicted octanol–water partition coefficient (Wildman–Crippen LogP) is 6.09. The molecule has 1 aromatic carbocycles. The largest absolute Gasteiger partial charge is 0.476 e. The van der Waals surface area contributed by atoms with Crippen molar-refractivity contribution in [2.24, 2.45) is 29.1 Å². The number of amides is 2. The number of sulfonamides is 1. The Kier molecular flexibility index (Phi) is 11.9. The van der Waals surface area contributed by atoms with Crippen LogP contribution in [0.5, 0.6) is 11.8 Å². The van der Waals surface area contributed by atoms with Gasteiger partial charge >= 0.3 is 5.97 Å². The Morgan fingerprint density at radius 2 is 1.71 bits per heavy atom. The number of benzene rings is 1. The van der Waals surface area contributed by atoms with Gasteiger partial charge in [0.15, 0.2) is 5.78 Å². The highest BCUT2D eigenvalue weighted by Crippen LogP contribution is 2.58. The minimum Gasteiger partial charge on any atom is -0.476 e. The quantitative estimate of drug-likeness (QED) is 0.218. The number of esters is 1. The summed E-state index contributed by atoms with van der Waals surface area (Å²) in [6, 6.07) is 6.41. The Morgan fingerprint density at radius 3 is 2.36 bits per heavy atom. The number of aromatic nitrogens is 2. The van der Waals surface area contributed by atoms with Crippen LogP contribution in [0.3, 0.4) is 0 Å². The van der Waals surface area contributed by atoms with E-state index >= 15 is 4.79 Å². The lowest BCUT2D eigenvalue weighted by Gasteiger charge is -2.33. The highest BCUT2D eigenvalue weighted by atomic mass is 32.2. The van der Waals surface area contributed by atoms with E-state index in [2.05, 4.69) is 21.8 Å². The van der Waals surface area contributed by atoms with Gasteiger partial charge in [-0.1, -0.05) is 44.6 Å². The predicted molar refractivity (Wildman–Crippen MR) is 210 cm³/mol. The van der Waals surface area contributed by atoms with Crippen molar-refractivity contribution in [3.8, 4) is 11.8 Å². The number of fused-ring (bicyclic) bond motifs is 3. The average Bonchev–Trinajstić information content (AvgIpc) is 4.01. The zero-order chi connectivity index (χ0) is 40.6. The number of nitrogens with zero attached hydrogens (tertiary/aromatic N) is 3. The summed E-state index contributed by atoms with van der Waals surface area (Å²) in [7, 11) is -3.96. The lowest BCUT2D eigenvalue weighted by Crippen LogP contribution is -2.48. The summed E-state index contributed by atoms with van der Waals surface area (Å²) in [6.07, 6.45) is 7.10. The van der Waals surface area contributed by atoms with E-state index in [9.17, 15) is 22.8 Å². The van der Waals surface area contributed by atoms with E-state index in [1.165, 1.54) is 4.90 Å². The molecule has 3 fully saturated rings. The zero-order valence-electron chi connectivity index (χ0n) is 33.8. The first-order valence-corrected chi connectivity index (χ1v) is 21.7. The maximum absolute atomic E-state index is 15.0. The van der Waals surface area contributed by atoms with Gasteiger partial charge in [0, 0.05) is 12.8 Å². The van der Waals surface area contributed by atoms with Crippen molar-refractivity contribution in [2.75, 3.05) is 13.2 Å². The van der Waals surface area contributed by atoms with Crippen LogP contribution in [0.25, 0.3) is 10.8 Å². The summed E-state index contributed by atoms with van der Waals surface area (Å²) in [5.74, 6) is -2.35. The van der Waals surface area contributed by atoms with Crippen LogP contribution in [-0.2, 0) is 33.9 Å². The molecule has 2 aliphatic heterocycles. The summed E-state index contributed by atoms with van der Waals surface area (Å²) in [4.78, 5) is 58.7. The van der Waals surface area contributed by atoms with E-state index in [1.54, 1.807) is 27.7 Å². The van der Waals surface area contributed by atoms with Crippen LogP contribution in [0.4, 0.5) is 0 Å². The minimum atomic E-state index is -3.96. The van der Waals surface area contributed by atoms with Crippen LogP contribution < -0.4 is 14.2 Å². The molecule has 4 aliphatic rings. The summed E-state index contributed by atoms with van der Waals surface area (Å²) < 4.78 is 45.8. The van der Waals surface area contributed by atoms with Crippen LogP contribution in [0.2, 0.25) is 0 Å². The molecule has 0 bridgehead atoms. The van der Waals surface area contributed by atoms with Crippen LogP contribution in [0, 0.1) is 29.1 Å². The Morgan fingerprint density at radius 1 is 1.04 bits per heavy atom. The van der Waals surface area contributed by atoms with Crippen molar-refractivity contribution in [1.29, 1.82) is 0 Å². The molecule has 13 nitrogen and oxygen atoms in total. The van der Waals surface area contributed by atoms with Gasteiger partial charge in [-0.15, -0.1) is 10.2 Å². The van der Waals surface area contributed by atoms with Crippen molar-refractivity contribution < 1.29 is 41.8 Å². The number of rotatable bonds is 10. The van der Waals surface area contributed by atoms with Crippen LogP contribution >= 0.6 is 0 Å². The van der Waals surface area contributed by atoms with Crippen molar-refractivity contribution in [3.63, 3.8) is 0 Å². The second kappa shape index (κ2) is 16.1. The van der Waals surface area contributed by atoms with E-state index in [4.69, 9.17) is 14.2 Å². The Balaban J connectivity index is 1.37. The maximum atomic E-state index is 15.0. The molecule has 1 N–H and O–H groups in total. The van der Waals surface area contributed by atoms with Crippen molar-refractivity contribution in [1.82, 2.24) is 19.8 Å². The molecule has 6 rings (SSSR count). The van der Waals surface area contributed by atoms with Gasteiger partial charge < -0.3 is 19.1 Å². The number of ether oxygens (including phenoxy) is 3. The molecule has 0 radical (unpaired) electrons. The molecular weight excluding hydrogens is 737 g/mol. The first kappa shape index (κ1) is 41.6. The van der Waals surface area contributed by atoms with Crippen LogP contribution in [-0.4, -0.2) is 82.7 Å². The molecular formula is C42H58N4O9S. The molecule has 1 aromatic heterocycles. The Hall–Kier alpha value is -4.07. The fourth-order valence-corrected chi connectivity index (χ4v) is 9.78. The molecule has 7 atom stereocenters. The fraction of sp³-hybridized carbons (Fsp3) is 0.667. The second-order valence-corrected chi connectivity index (χ2v) is 19.9. The average molecular weight is 795 g/mol. The maximum Gasteiger partial charge on any atom is 0.307 e. The number of nitrogens with one attached hydrogen (secondary N) is 1. The van der Waals surface area contributed by atoms with Gasteiger partial charge in [-0.3, -0.25) is 23.9 Å². The molecule has 56 heavy (non-hydrogen) atoms. The molecule has 3 heterocycles. The summed E-state index contributed by atoms with van der Waals surface area (Å²) in [5.41, 5.74) is -2.03. The van der Waals surface area contributed by atoms with Crippen molar-refractivity contribution in [2.45, 2.75) is 135 Å². The monoisotopic (exact) mass is 794 g/mol. The standard InChI is InChI=1S/C42H58N4O9S/c1-8-27-20-26(3)14-10-11-15-28-23-42(28,39(50)45-56(51,52)41(7)18-19-41)24-34(47)33-21-29(25-46(33)38(49)32(27)22-35(48)55-40(4,5)6)54-37-31-17-13-12-16-30(31)36(43-44-37)53-9-2/h11-13,15-17,26-29,32-33H,8-10,14,18-25H2,1-7H3,(H,45,50)/b15-11-/t26-,27+,28+,29+,32-,33-,42+/m0/s1. The molecule has 2 aliphatic carbocycles. The number of ketones is 1. The molecule has 2 aromatic rings. The summed E-state index contributed by atoms with van der Waals surface area (Å²) in [6.45, 7) is 13.4. The summed E-state index contributed by atoms with van der Waals surface area (Å²) >= 11 is 0. The topological polar surface area (TPSA) is 171 Å². The third-order valence-electron chi connectivity index (χ3n) is 12.1. The highest BCUT2D eigenvalue weighted by Gasteiger charge is 2.62. The summed E-state index contributed by atoms with van der Waals surface area (Å²) in [5, 5.41) is 9.95. The Bertz CT molecular complexity index is 1970. The van der Waals surface area contributed by atoms with Crippen molar-refractivity contribution >= 4 is 44.4 Å². The molecule has 0 unspecified atom stereocenters. The van der Waals surface area contributed by atoms with Crippen LogP contribution in [0.15, 0.2) is 36.4 Å². The van der Waals surface area contributed by atoms with Gasteiger partial charge in [0.05, 0.1) is 52.5 Å².